The van der Waals surface area contributed by atoms with Gasteiger partial charge in [0.15, 0.2) is 6.30 Å². The molecule has 0 amide bonds. The van der Waals surface area contributed by atoms with Gasteiger partial charge >= 0.3 is 0 Å². The van der Waals surface area contributed by atoms with E-state index < -0.39 is 16.4 Å². The van der Waals surface area contributed by atoms with E-state index in [2.05, 4.69) is 63.7 Å². The fourth-order valence-corrected chi connectivity index (χ4v) is 2.63. The summed E-state index contributed by atoms with van der Waals surface area (Å²) in [6.07, 6.45) is 0. The predicted octanol–water partition coefficient (Wildman–Crippen LogP) is 2.43. The van der Waals surface area contributed by atoms with Crippen LogP contribution in [0.25, 0.3) is 0 Å². The van der Waals surface area contributed by atoms with Crippen LogP contribution in [-0.4, -0.2) is 19.3 Å². The van der Waals surface area contributed by atoms with Crippen molar-refractivity contribution in [2.24, 2.45) is 0 Å². The summed E-state index contributed by atoms with van der Waals surface area (Å²) in [5.41, 5.74) is 0. The molecule has 0 aliphatic rings. The average Bonchev–Trinajstić information content (AvgIpc) is 1.59. The van der Waals surface area contributed by atoms with Gasteiger partial charge in [0.25, 0.3) is 10.1 Å². The van der Waals surface area contributed by atoms with Crippen LogP contribution in [-0.2, 0) is 10.1 Å². The maximum atomic E-state index is 10.4. The Bertz CT molecular complexity index is 203. The molecule has 1 unspecified atom stereocenters. The summed E-state index contributed by atoms with van der Waals surface area (Å²) < 4.78 is 27.1. The molecule has 8 heteroatoms. The van der Waals surface area contributed by atoms with Gasteiger partial charge in [-0.2, -0.15) is 8.42 Å². The molecule has 0 aliphatic carbocycles. The van der Waals surface area contributed by atoms with Gasteiger partial charge in [-0.25, -0.2) is 0 Å². The van der Waals surface area contributed by atoms with Crippen molar-refractivity contribution in [2.75, 3.05) is 0 Å². The molecule has 0 aromatic rings. The molecular formula is C2H2Br4O3S. The third-order valence-electron chi connectivity index (χ3n) is 0.519. The van der Waals surface area contributed by atoms with Crippen LogP contribution in [0.4, 0.5) is 0 Å². The van der Waals surface area contributed by atoms with Gasteiger partial charge in [-0.05, 0) is 0 Å². The van der Waals surface area contributed by atoms with Gasteiger partial charge in [0.2, 0.25) is 0 Å². The minimum atomic E-state index is -4.08. The Hall–Kier alpha value is 1.83. The lowest BCUT2D eigenvalue weighted by molar-refractivity contribution is 0.482. The number of halogens is 4. The van der Waals surface area contributed by atoms with E-state index in [4.69, 9.17) is 4.55 Å². The molecule has 0 aromatic heterocycles. The summed E-state index contributed by atoms with van der Waals surface area (Å²) in [6.45, 7) is 0. The van der Waals surface area contributed by atoms with E-state index in [9.17, 15) is 8.42 Å². The van der Waals surface area contributed by atoms with Crippen LogP contribution >= 0.6 is 63.7 Å². The van der Waals surface area contributed by atoms with Crippen LogP contribution in [0, 0.1) is 0 Å². The highest BCUT2D eigenvalue weighted by Crippen LogP contribution is 2.42. The van der Waals surface area contributed by atoms with Gasteiger partial charge in [-0.15, -0.1) is 0 Å². The lowest BCUT2D eigenvalue weighted by Crippen LogP contribution is -2.26. The van der Waals surface area contributed by atoms with E-state index in [0.29, 0.717) is 0 Å². The summed E-state index contributed by atoms with van der Waals surface area (Å²) in [6, 6.07) is 0. The van der Waals surface area contributed by atoms with Gasteiger partial charge in [-0.3, -0.25) is 4.55 Å². The topological polar surface area (TPSA) is 54.4 Å². The zero-order chi connectivity index (χ0) is 8.58. The quantitative estimate of drug-likeness (QED) is 0.519. The predicted molar refractivity (Wildman–Crippen MR) is 53.8 cm³/mol. The largest absolute Gasteiger partial charge is 0.285 e. The molecule has 0 fully saturated rings. The lowest BCUT2D eigenvalue weighted by Gasteiger charge is -2.15. The summed E-state index contributed by atoms with van der Waals surface area (Å²) in [7, 11) is -4.08. The second kappa shape index (κ2) is 3.69. The molecule has 0 aliphatic heterocycles. The third-order valence-corrected chi connectivity index (χ3v) is 7.63. The smallest absolute Gasteiger partial charge is 0.281 e. The van der Waals surface area contributed by atoms with Crippen LogP contribution in [0.1, 0.15) is 0 Å². The maximum Gasteiger partial charge on any atom is 0.281 e. The normalized spacial score (nSPS) is 16.9. The van der Waals surface area contributed by atoms with Gasteiger partial charge in [0.1, 0.15) is 0 Å². The Kier molecular flexibility index (Phi) is 4.37. The van der Waals surface area contributed by atoms with Crippen LogP contribution in [0.3, 0.4) is 0 Å². The minimum Gasteiger partial charge on any atom is -0.285 e. The number of rotatable bonds is 1. The fraction of sp³-hybridized carbons (Fsp3) is 1.00. The van der Waals surface area contributed by atoms with Crippen molar-refractivity contribution >= 4 is 73.8 Å². The molecule has 0 heterocycles. The van der Waals surface area contributed by atoms with Crippen molar-refractivity contribution in [1.29, 1.82) is 0 Å². The van der Waals surface area contributed by atoms with E-state index in [-0.39, 0.29) is 0 Å². The molecule has 0 saturated carbocycles. The highest BCUT2D eigenvalue weighted by atomic mass is 80.0. The van der Waals surface area contributed by atoms with E-state index in [1.807, 2.05) is 0 Å². The van der Waals surface area contributed by atoms with Crippen molar-refractivity contribution in [3.63, 3.8) is 0 Å². The Morgan fingerprint density at radius 2 is 1.60 bits per heavy atom. The van der Waals surface area contributed by atoms with Crippen LogP contribution in [0.15, 0.2) is 0 Å². The SMILES string of the molecule is O=S(=O)(O)C(Br)C(Br)(Br)Br. The second-order valence-corrected chi connectivity index (χ2v) is 11.3. The Balaban J connectivity index is 4.56. The van der Waals surface area contributed by atoms with Crippen molar-refractivity contribution in [3.05, 3.63) is 0 Å². The molecule has 1 atom stereocenters. The maximum absolute atomic E-state index is 10.4. The van der Waals surface area contributed by atoms with E-state index in [0.717, 1.165) is 0 Å². The number of hydrogen-bond acceptors (Lipinski definition) is 2. The summed E-state index contributed by atoms with van der Waals surface area (Å²) in [5, 5.41) is 0. The van der Waals surface area contributed by atoms with E-state index >= 15 is 0 Å². The van der Waals surface area contributed by atoms with Crippen molar-refractivity contribution in [1.82, 2.24) is 0 Å². The van der Waals surface area contributed by atoms with Gasteiger partial charge < -0.3 is 0 Å². The molecule has 10 heavy (non-hydrogen) atoms. The molecule has 62 valence electrons. The van der Waals surface area contributed by atoms with Crippen molar-refractivity contribution in [2.45, 2.75) is 6.30 Å². The van der Waals surface area contributed by atoms with Crippen molar-refractivity contribution < 1.29 is 13.0 Å². The molecule has 0 spiro atoms. The van der Waals surface area contributed by atoms with Gasteiger partial charge in [0, 0.05) is 0 Å². The first kappa shape index (κ1) is 11.8. The Morgan fingerprint density at radius 3 is 1.60 bits per heavy atom. The Labute approximate surface area is 92.2 Å². The molecule has 0 radical (unpaired) electrons. The highest BCUT2D eigenvalue weighted by Gasteiger charge is 2.37. The van der Waals surface area contributed by atoms with Crippen LogP contribution in [0.5, 0.6) is 0 Å². The third kappa shape index (κ3) is 4.01. The molecule has 0 aromatic carbocycles. The fourth-order valence-electron chi connectivity index (χ4n) is 0.169. The second-order valence-electron chi connectivity index (χ2n) is 1.37. The molecule has 0 rings (SSSR count). The molecule has 0 bridgehead atoms. The zero-order valence-corrected chi connectivity index (χ0v) is 11.4. The number of alkyl halides is 4. The minimum absolute atomic E-state index is 1.04. The van der Waals surface area contributed by atoms with Crippen LogP contribution in [0.2, 0.25) is 0 Å². The average molecular weight is 426 g/mol. The van der Waals surface area contributed by atoms with Gasteiger partial charge in [-0.1, -0.05) is 63.7 Å². The molecule has 0 saturated heterocycles. The standard InChI is InChI=1S/C2H2Br4O3S/c3-1(2(4,5)6)10(7,8)9/h1H,(H,7,8,9). The van der Waals surface area contributed by atoms with E-state index in [1.54, 1.807) is 0 Å². The van der Waals surface area contributed by atoms with Gasteiger partial charge in [0.05, 0.1) is 0 Å². The number of hydrogen-bond donors (Lipinski definition) is 1. The highest BCUT2D eigenvalue weighted by molar-refractivity contribution is 9.40. The molecule has 1 N–H and O–H groups in total. The summed E-state index contributed by atoms with van der Waals surface area (Å²) in [4.78, 5) is 0. The summed E-state index contributed by atoms with van der Waals surface area (Å²) >= 11 is 11.5. The van der Waals surface area contributed by atoms with Crippen LogP contribution < -0.4 is 0 Å². The first-order valence-electron chi connectivity index (χ1n) is 1.83. The first-order valence-corrected chi connectivity index (χ1v) is 6.62. The van der Waals surface area contributed by atoms with Crippen molar-refractivity contribution in [3.8, 4) is 0 Å². The summed E-state index contributed by atoms with van der Waals surface area (Å²) in [5.74, 6) is 0. The lowest BCUT2D eigenvalue weighted by atomic mass is 11.0. The first-order chi connectivity index (χ1) is 4.15. The van der Waals surface area contributed by atoms with E-state index in [1.165, 1.54) is 0 Å². The molecular weight excluding hydrogens is 424 g/mol. The molecule has 3 nitrogen and oxygen atoms in total. The zero-order valence-electron chi connectivity index (χ0n) is 4.26. The monoisotopic (exact) mass is 422 g/mol. The Morgan fingerprint density at radius 1 is 1.30 bits per heavy atom.